The Bertz CT molecular complexity index is 1430. The molecule has 0 saturated heterocycles. The third-order valence-electron chi connectivity index (χ3n) is 10.7. The molecule has 7 heteroatoms. The molecule has 2 aromatic heterocycles. The Balaban J connectivity index is 1.89. The predicted molar refractivity (Wildman–Crippen MR) is 181 cm³/mol. The van der Waals surface area contributed by atoms with Crippen LogP contribution in [0.5, 0.6) is 0 Å². The first-order chi connectivity index (χ1) is 20.6. The van der Waals surface area contributed by atoms with E-state index in [0.717, 1.165) is 0 Å². The van der Waals surface area contributed by atoms with E-state index >= 15 is 0 Å². The molecule has 43 heavy (non-hydrogen) atoms. The molecule has 0 aliphatic heterocycles. The summed E-state index contributed by atoms with van der Waals surface area (Å²) in [5.41, 5.74) is -0.0688. The molecule has 4 aliphatic carbocycles. The average molecular weight is 719 g/mol. The molecule has 4 aliphatic rings. The Hall–Kier alpha value is -0.727. The van der Waals surface area contributed by atoms with Crippen LogP contribution >= 0.6 is 19.4 Å². The molecule has 4 nitrogen and oxygen atoms in total. The van der Waals surface area contributed by atoms with Crippen molar-refractivity contribution in [3.63, 3.8) is 0 Å². The molecule has 0 radical (unpaired) electrons. The Labute approximate surface area is 268 Å². The fourth-order valence-corrected chi connectivity index (χ4v) is 19.0. The molecule has 2 heterocycles. The van der Waals surface area contributed by atoms with Gasteiger partial charge in [-0.2, -0.15) is 0 Å². The maximum atomic E-state index is 8.65. The van der Waals surface area contributed by atoms with Crippen LogP contribution in [0.2, 0.25) is 0 Å². The van der Waals surface area contributed by atoms with Gasteiger partial charge in [-0.15, -0.1) is 0 Å². The zero-order chi connectivity index (χ0) is 30.1. The molecular formula is C36H58Cl2N4Ru. The van der Waals surface area contributed by atoms with Crippen molar-refractivity contribution in [3.8, 4) is 0 Å². The molecule has 0 aromatic carbocycles. The quantitative estimate of drug-likeness (QED) is 0.281. The summed E-state index contributed by atoms with van der Waals surface area (Å²) in [4.78, 5) is 0. The summed E-state index contributed by atoms with van der Waals surface area (Å²) in [6, 6.07) is 1.84. The van der Waals surface area contributed by atoms with Crippen molar-refractivity contribution >= 4 is 23.6 Å². The van der Waals surface area contributed by atoms with Gasteiger partial charge in [0.15, 0.2) is 0 Å². The van der Waals surface area contributed by atoms with Crippen molar-refractivity contribution < 1.29 is 10.3 Å². The van der Waals surface area contributed by atoms with Crippen molar-refractivity contribution in [2.24, 2.45) is 5.41 Å². The van der Waals surface area contributed by atoms with Crippen LogP contribution in [0.4, 0.5) is 0 Å². The molecule has 0 unspecified atom stereocenters. The van der Waals surface area contributed by atoms with E-state index in [1.807, 2.05) is 0 Å². The van der Waals surface area contributed by atoms with Gasteiger partial charge < -0.3 is 0 Å². The van der Waals surface area contributed by atoms with Gasteiger partial charge in [-0.1, -0.05) is 0 Å². The van der Waals surface area contributed by atoms with E-state index in [2.05, 4.69) is 74.2 Å². The number of allylic oxidation sites excluding steroid dienone is 1. The normalized spacial score (nSPS) is 23.5. The van der Waals surface area contributed by atoms with E-state index in [4.69, 9.17) is 19.4 Å². The first kappa shape index (κ1) is 32.2. The van der Waals surface area contributed by atoms with Crippen molar-refractivity contribution in [2.45, 2.75) is 173 Å². The van der Waals surface area contributed by atoms with Crippen LogP contribution in [0, 0.1) is 13.4 Å². The van der Waals surface area contributed by atoms with Gasteiger partial charge in [0.1, 0.15) is 0 Å². The summed E-state index contributed by atoms with van der Waals surface area (Å²) in [7, 11) is 12.5. The number of rotatable bonds is 4. The van der Waals surface area contributed by atoms with Crippen LogP contribution in [-0.4, -0.2) is 22.5 Å². The molecule has 2 aromatic rings. The van der Waals surface area contributed by atoms with Gasteiger partial charge in [-0.25, -0.2) is 0 Å². The Kier molecular flexibility index (Phi) is 9.88. The second-order valence-electron chi connectivity index (χ2n) is 15.2. The monoisotopic (exact) mass is 718 g/mol. The number of halogens is 2. The number of hydrogen-bond acceptors (Lipinski definition) is 0. The van der Waals surface area contributed by atoms with E-state index in [1.54, 1.807) is 0 Å². The van der Waals surface area contributed by atoms with Crippen LogP contribution in [-0.2, 0) is 10.3 Å². The molecule has 4 saturated carbocycles. The van der Waals surface area contributed by atoms with Gasteiger partial charge in [0.05, 0.1) is 0 Å². The van der Waals surface area contributed by atoms with Gasteiger partial charge >= 0.3 is 270 Å². The van der Waals surface area contributed by atoms with E-state index in [9.17, 15) is 0 Å². The molecule has 0 atom stereocenters. The Morgan fingerprint density at radius 1 is 0.535 bits per heavy atom. The molecule has 0 amide bonds. The summed E-state index contributed by atoms with van der Waals surface area (Å²) >= 11 is 0. The second-order valence-corrected chi connectivity index (χ2v) is 28.0. The van der Waals surface area contributed by atoms with Crippen LogP contribution in [0.25, 0.3) is 0 Å². The third-order valence-corrected chi connectivity index (χ3v) is 20.1. The summed E-state index contributed by atoms with van der Waals surface area (Å²) < 4.78 is 16.9. The van der Waals surface area contributed by atoms with Crippen molar-refractivity contribution in [3.05, 3.63) is 38.9 Å². The third kappa shape index (κ3) is 6.73. The van der Waals surface area contributed by atoms with E-state index in [0.29, 0.717) is 24.2 Å². The summed E-state index contributed by atoms with van der Waals surface area (Å²) in [6.45, 7) is 6.80. The summed E-state index contributed by atoms with van der Waals surface area (Å²) in [5, 5.41) is 0. The molecule has 0 spiro atoms. The maximum absolute atomic E-state index is 8.65. The number of imidazole rings is 2. The first-order valence-corrected chi connectivity index (χ1v) is 24.9. The van der Waals surface area contributed by atoms with Gasteiger partial charge in [0, 0.05) is 0 Å². The van der Waals surface area contributed by atoms with E-state index in [-0.39, 0.29) is 5.41 Å². The average Bonchev–Trinajstić information content (AvgIpc) is 3.69. The van der Waals surface area contributed by atoms with Crippen LogP contribution in [0.3, 0.4) is 0 Å². The van der Waals surface area contributed by atoms with Gasteiger partial charge in [-0.3, -0.25) is 0 Å². The SMILES string of the molecule is CC(C)(C)C=[C]=[Ru]([Cl])([Cl])(=[c]1n(C2CCCCC2)ccn1C1CCCCC1)=[c]1n(C2CCCCC2)ccn1C1CCCCC1. The van der Waals surface area contributed by atoms with E-state index < -0.39 is 10.3 Å². The standard InChI is InChI=1S/2C15H24N2.C6H10.2ClH.Ru/c2*1-3-7-14(8-4-1)16-11-12-17(13-16)15-9-5-2-6-10-15;1-5-6(2,3)4;;;/h2*11-12,14-15H,1-10H2;5H,2-4H3;2*1H;/q;;;;;+2/p-2. The molecule has 4 fully saturated rings. The predicted octanol–water partition coefficient (Wildman–Crippen LogP) is 11.7. The number of aromatic nitrogens is 4. The number of hydrogen-bond donors (Lipinski definition) is 0. The molecule has 244 valence electrons. The van der Waals surface area contributed by atoms with Gasteiger partial charge in [-0.05, 0) is 0 Å². The molecule has 6 rings (SSSR count). The van der Waals surface area contributed by atoms with Gasteiger partial charge in [0.2, 0.25) is 0 Å². The molecule has 0 N–H and O–H groups in total. The van der Waals surface area contributed by atoms with Crippen LogP contribution < -0.4 is 0 Å². The van der Waals surface area contributed by atoms with Crippen molar-refractivity contribution in [1.29, 1.82) is 0 Å². The Morgan fingerprint density at radius 2 is 0.791 bits per heavy atom. The van der Waals surface area contributed by atoms with Crippen LogP contribution in [0.15, 0.2) is 30.9 Å². The fourth-order valence-electron chi connectivity index (χ4n) is 8.35. The van der Waals surface area contributed by atoms with Crippen molar-refractivity contribution in [2.75, 3.05) is 0 Å². The Morgan fingerprint density at radius 3 is 1.02 bits per heavy atom. The zero-order valence-corrected chi connectivity index (χ0v) is 30.5. The number of nitrogens with zero attached hydrogens (tertiary/aromatic N) is 4. The van der Waals surface area contributed by atoms with Crippen LogP contribution in [0.1, 0.15) is 173 Å². The minimum atomic E-state index is -4.84. The summed E-state index contributed by atoms with van der Waals surface area (Å²) in [6.07, 6.45) is 37.2. The van der Waals surface area contributed by atoms with E-state index in [1.165, 1.54) is 136 Å². The molecule has 0 bridgehead atoms. The first-order valence-electron chi connectivity index (χ1n) is 17.8. The molecular weight excluding hydrogens is 660 g/mol. The fraction of sp³-hybridized carbons (Fsp3) is 0.778. The van der Waals surface area contributed by atoms with Crippen molar-refractivity contribution in [1.82, 2.24) is 18.3 Å². The summed E-state index contributed by atoms with van der Waals surface area (Å²) in [5.74, 6) is 0. The zero-order valence-electron chi connectivity index (χ0n) is 27.2. The topological polar surface area (TPSA) is 19.7 Å². The van der Waals surface area contributed by atoms with Gasteiger partial charge in [0.25, 0.3) is 0 Å². The minimum absolute atomic E-state index is 0.0688. The second kappa shape index (κ2) is 13.2.